The van der Waals surface area contributed by atoms with Crippen LogP contribution in [0, 0.1) is 0 Å². The molecule has 20 heavy (non-hydrogen) atoms. The fraction of sp³-hybridized carbons (Fsp3) is 0.400. The quantitative estimate of drug-likeness (QED) is 0.788. The van der Waals surface area contributed by atoms with Crippen LogP contribution in [0.15, 0.2) is 35.1 Å². The van der Waals surface area contributed by atoms with Crippen LogP contribution in [0.5, 0.6) is 5.75 Å². The van der Waals surface area contributed by atoms with E-state index in [0.717, 1.165) is 35.6 Å². The van der Waals surface area contributed by atoms with Gasteiger partial charge < -0.3 is 14.6 Å². The number of benzene rings is 1. The van der Waals surface area contributed by atoms with Crippen LogP contribution >= 0.6 is 15.9 Å². The monoisotopic (exact) mass is 337 g/mol. The maximum Gasteiger partial charge on any atom is 0.146 e. The predicted octanol–water partition coefficient (Wildman–Crippen LogP) is 3.26. The summed E-state index contributed by atoms with van der Waals surface area (Å²) < 4.78 is 8.72. The number of hydrogen-bond acceptors (Lipinski definition) is 3. The molecule has 0 bridgehead atoms. The second-order valence-electron chi connectivity index (χ2n) is 4.68. The highest BCUT2D eigenvalue weighted by Crippen LogP contribution is 2.26. The van der Waals surface area contributed by atoms with Crippen molar-refractivity contribution in [3.05, 3.63) is 46.5 Å². The van der Waals surface area contributed by atoms with Crippen molar-refractivity contribution < 1.29 is 4.74 Å². The van der Waals surface area contributed by atoms with Crippen molar-refractivity contribution in [2.45, 2.75) is 26.5 Å². The number of ether oxygens (including phenoxy) is 1. The second-order valence-corrected chi connectivity index (χ2v) is 5.54. The molecule has 0 atom stereocenters. The Morgan fingerprint density at radius 2 is 2.25 bits per heavy atom. The number of rotatable bonds is 7. The Morgan fingerprint density at radius 1 is 1.40 bits per heavy atom. The standard InChI is InChI=1S/C15H20BrN3O/c1-3-6-17-10-12-4-5-14(13(16)9-12)20-11-15-18-7-8-19(15)2/h4-5,7-9,17H,3,6,10-11H2,1-2H3. The molecule has 4 nitrogen and oxygen atoms in total. The summed E-state index contributed by atoms with van der Waals surface area (Å²) in [4.78, 5) is 4.24. The molecule has 0 aliphatic carbocycles. The van der Waals surface area contributed by atoms with Gasteiger partial charge in [0.1, 0.15) is 18.2 Å². The van der Waals surface area contributed by atoms with Gasteiger partial charge in [-0.3, -0.25) is 0 Å². The lowest BCUT2D eigenvalue weighted by Crippen LogP contribution is -2.13. The largest absolute Gasteiger partial charge is 0.485 e. The fourth-order valence-corrected chi connectivity index (χ4v) is 2.40. The van der Waals surface area contributed by atoms with Crippen LogP contribution in [0.4, 0.5) is 0 Å². The molecule has 0 amide bonds. The molecule has 0 saturated heterocycles. The second kappa shape index (κ2) is 7.45. The lowest BCUT2D eigenvalue weighted by atomic mass is 10.2. The first kappa shape index (κ1) is 15.1. The van der Waals surface area contributed by atoms with Gasteiger partial charge in [-0.15, -0.1) is 0 Å². The molecule has 0 saturated carbocycles. The van der Waals surface area contributed by atoms with Gasteiger partial charge in [0.25, 0.3) is 0 Å². The summed E-state index contributed by atoms with van der Waals surface area (Å²) >= 11 is 3.56. The molecule has 2 aromatic rings. The maximum absolute atomic E-state index is 5.79. The zero-order valence-electron chi connectivity index (χ0n) is 11.9. The molecule has 0 aliphatic heterocycles. The Hall–Kier alpha value is -1.33. The van der Waals surface area contributed by atoms with Crippen molar-refractivity contribution in [3.63, 3.8) is 0 Å². The zero-order chi connectivity index (χ0) is 14.4. The van der Waals surface area contributed by atoms with E-state index in [1.807, 2.05) is 23.9 Å². The van der Waals surface area contributed by atoms with Crippen molar-refractivity contribution >= 4 is 15.9 Å². The van der Waals surface area contributed by atoms with Crippen LogP contribution < -0.4 is 10.1 Å². The van der Waals surface area contributed by atoms with Gasteiger partial charge in [-0.25, -0.2) is 4.98 Å². The van der Waals surface area contributed by atoms with E-state index in [2.05, 4.69) is 45.3 Å². The highest BCUT2D eigenvalue weighted by atomic mass is 79.9. The van der Waals surface area contributed by atoms with E-state index >= 15 is 0 Å². The van der Waals surface area contributed by atoms with Gasteiger partial charge in [-0.1, -0.05) is 13.0 Å². The van der Waals surface area contributed by atoms with Gasteiger partial charge >= 0.3 is 0 Å². The van der Waals surface area contributed by atoms with Gasteiger partial charge in [0, 0.05) is 26.0 Å². The molecule has 1 aromatic heterocycles. The van der Waals surface area contributed by atoms with Crippen LogP contribution in [0.3, 0.4) is 0 Å². The highest BCUT2D eigenvalue weighted by Gasteiger charge is 2.05. The molecule has 0 unspecified atom stereocenters. The van der Waals surface area contributed by atoms with Crippen LogP contribution in [-0.4, -0.2) is 16.1 Å². The average molecular weight is 338 g/mol. The maximum atomic E-state index is 5.79. The van der Waals surface area contributed by atoms with E-state index in [1.54, 1.807) is 6.20 Å². The highest BCUT2D eigenvalue weighted by molar-refractivity contribution is 9.10. The summed E-state index contributed by atoms with van der Waals surface area (Å²) in [6.45, 7) is 4.55. The summed E-state index contributed by atoms with van der Waals surface area (Å²) in [5.74, 6) is 1.75. The van der Waals surface area contributed by atoms with Crippen LogP contribution in [0.2, 0.25) is 0 Å². The first-order valence-electron chi connectivity index (χ1n) is 6.79. The zero-order valence-corrected chi connectivity index (χ0v) is 13.5. The SMILES string of the molecule is CCCNCc1ccc(OCc2nccn2C)c(Br)c1. The number of halogens is 1. The third-order valence-corrected chi connectivity index (χ3v) is 3.65. The van der Waals surface area contributed by atoms with Crippen LogP contribution in [0.25, 0.3) is 0 Å². The van der Waals surface area contributed by atoms with Gasteiger partial charge in [-0.2, -0.15) is 0 Å². The first-order chi connectivity index (χ1) is 9.70. The number of aromatic nitrogens is 2. The van der Waals surface area contributed by atoms with Gasteiger partial charge in [0.15, 0.2) is 0 Å². The molecule has 1 aromatic carbocycles. The van der Waals surface area contributed by atoms with Crippen LogP contribution in [-0.2, 0) is 20.2 Å². The smallest absolute Gasteiger partial charge is 0.146 e. The lowest BCUT2D eigenvalue weighted by molar-refractivity contribution is 0.290. The summed E-state index contributed by atoms with van der Waals surface area (Å²) in [6.07, 6.45) is 4.83. The summed E-state index contributed by atoms with van der Waals surface area (Å²) in [5, 5.41) is 3.38. The third-order valence-electron chi connectivity index (χ3n) is 3.03. The molecule has 1 heterocycles. The van der Waals surface area contributed by atoms with Crippen molar-refractivity contribution in [2.75, 3.05) is 6.54 Å². The molecule has 0 aliphatic rings. The summed E-state index contributed by atoms with van der Waals surface area (Å²) in [5.41, 5.74) is 1.25. The minimum Gasteiger partial charge on any atom is -0.485 e. The Balaban J connectivity index is 1.94. The normalized spacial score (nSPS) is 10.8. The van der Waals surface area contributed by atoms with Crippen molar-refractivity contribution in [2.24, 2.45) is 7.05 Å². The molecule has 1 N–H and O–H groups in total. The number of imidazole rings is 1. The van der Waals surface area contributed by atoms with E-state index < -0.39 is 0 Å². The Labute approximate surface area is 128 Å². The molecule has 0 spiro atoms. The average Bonchev–Trinajstić information content (AvgIpc) is 2.84. The van der Waals surface area contributed by atoms with Crippen molar-refractivity contribution in [3.8, 4) is 5.75 Å². The van der Waals surface area contributed by atoms with Crippen molar-refractivity contribution in [1.29, 1.82) is 0 Å². The Morgan fingerprint density at radius 3 is 2.90 bits per heavy atom. The minimum atomic E-state index is 0.468. The Bertz CT molecular complexity index is 554. The first-order valence-corrected chi connectivity index (χ1v) is 7.58. The van der Waals surface area contributed by atoms with E-state index in [-0.39, 0.29) is 0 Å². The molecule has 0 radical (unpaired) electrons. The fourth-order valence-electron chi connectivity index (χ4n) is 1.86. The lowest BCUT2D eigenvalue weighted by Gasteiger charge is -2.10. The molecule has 108 valence electrons. The molecule has 5 heteroatoms. The van der Waals surface area contributed by atoms with Gasteiger partial charge in [0.2, 0.25) is 0 Å². The number of nitrogens with zero attached hydrogens (tertiary/aromatic N) is 2. The van der Waals surface area contributed by atoms with Gasteiger partial charge in [0.05, 0.1) is 4.47 Å². The van der Waals surface area contributed by atoms with Gasteiger partial charge in [-0.05, 0) is 46.6 Å². The van der Waals surface area contributed by atoms with E-state index in [1.165, 1.54) is 5.56 Å². The summed E-state index contributed by atoms with van der Waals surface area (Å²) in [6, 6.07) is 6.17. The minimum absolute atomic E-state index is 0.468. The van der Waals surface area contributed by atoms with Crippen LogP contribution in [0.1, 0.15) is 24.7 Å². The number of aryl methyl sites for hydroxylation is 1. The van der Waals surface area contributed by atoms with Crippen molar-refractivity contribution in [1.82, 2.24) is 14.9 Å². The van der Waals surface area contributed by atoms with E-state index in [9.17, 15) is 0 Å². The number of hydrogen-bond donors (Lipinski definition) is 1. The summed E-state index contributed by atoms with van der Waals surface area (Å²) in [7, 11) is 1.96. The third kappa shape index (κ3) is 4.08. The predicted molar refractivity (Wildman–Crippen MR) is 83.7 cm³/mol. The van der Waals surface area contributed by atoms with E-state index in [4.69, 9.17) is 4.74 Å². The molecular formula is C15H20BrN3O. The molecular weight excluding hydrogens is 318 g/mol. The Kier molecular flexibility index (Phi) is 5.61. The topological polar surface area (TPSA) is 39.1 Å². The van der Waals surface area contributed by atoms with E-state index in [0.29, 0.717) is 6.61 Å². The molecule has 2 rings (SSSR count). The molecule has 0 fully saturated rings. The number of nitrogens with one attached hydrogen (secondary N) is 1.